The maximum atomic E-state index is 12.8. The number of hydrogen-bond acceptors (Lipinski definition) is 2. The van der Waals surface area contributed by atoms with Gasteiger partial charge in [0.2, 0.25) is 0 Å². The van der Waals surface area contributed by atoms with E-state index >= 15 is 0 Å². The van der Waals surface area contributed by atoms with Gasteiger partial charge in [0, 0.05) is 6.04 Å². The molecule has 1 atom stereocenters. The molecule has 2 nitrogen and oxygen atoms in total. The molecule has 0 aliphatic carbocycles. The lowest BCUT2D eigenvalue weighted by atomic mass is 10.00. The summed E-state index contributed by atoms with van der Waals surface area (Å²) >= 11 is 0. The van der Waals surface area contributed by atoms with E-state index < -0.39 is 0 Å². The standard InChI is InChI=1S/C15H25FN2/c1-2-3-4-5-6-7-8-15(18-17)13-9-11-14(16)12-10-13/h9-12,15,18H,2-8,17H2,1H3. The van der Waals surface area contributed by atoms with Crippen molar-refractivity contribution in [1.29, 1.82) is 0 Å². The first kappa shape index (κ1) is 15.1. The number of hydrogen-bond donors (Lipinski definition) is 2. The fraction of sp³-hybridized carbons (Fsp3) is 0.600. The molecule has 1 aromatic carbocycles. The van der Waals surface area contributed by atoms with Gasteiger partial charge in [-0.25, -0.2) is 4.39 Å². The van der Waals surface area contributed by atoms with E-state index in [1.807, 2.05) is 0 Å². The van der Waals surface area contributed by atoms with E-state index in [1.165, 1.54) is 44.2 Å². The summed E-state index contributed by atoms with van der Waals surface area (Å²) in [6.45, 7) is 2.23. The minimum atomic E-state index is -0.200. The van der Waals surface area contributed by atoms with E-state index in [1.54, 1.807) is 12.1 Å². The zero-order chi connectivity index (χ0) is 13.2. The summed E-state index contributed by atoms with van der Waals surface area (Å²) in [5.41, 5.74) is 3.88. The topological polar surface area (TPSA) is 38.0 Å². The van der Waals surface area contributed by atoms with Crippen molar-refractivity contribution >= 4 is 0 Å². The predicted molar refractivity (Wildman–Crippen MR) is 74.5 cm³/mol. The van der Waals surface area contributed by atoms with Crippen LogP contribution in [0.5, 0.6) is 0 Å². The number of nitrogens with one attached hydrogen (secondary N) is 1. The van der Waals surface area contributed by atoms with Crippen molar-refractivity contribution < 1.29 is 4.39 Å². The van der Waals surface area contributed by atoms with E-state index in [2.05, 4.69) is 12.3 Å². The molecule has 0 saturated heterocycles. The molecule has 0 radical (unpaired) electrons. The summed E-state index contributed by atoms with van der Waals surface area (Å²) < 4.78 is 12.8. The summed E-state index contributed by atoms with van der Waals surface area (Å²) in [6, 6.07) is 6.71. The van der Waals surface area contributed by atoms with Crippen molar-refractivity contribution in [2.24, 2.45) is 5.84 Å². The van der Waals surface area contributed by atoms with Crippen LogP contribution < -0.4 is 11.3 Å². The molecule has 102 valence electrons. The molecule has 0 amide bonds. The molecule has 3 heteroatoms. The third-order valence-corrected chi connectivity index (χ3v) is 3.32. The fourth-order valence-corrected chi connectivity index (χ4v) is 2.17. The highest BCUT2D eigenvalue weighted by molar-refractivity contribution is 5.19. The lowest BCUT2D eigenvalue weighted by molar-refractivity contribution is 0.476. The highest BCUT2D eigenvalue weighted by atomic mass is 19.1. The number of rotatable bonds is 9. The molecule has 0 aliphatic heterocycles. The second kappa shape index (κ2) is 9.06. The first-order chi connectivity index (χ1) is 8.77. The fourth-order valence-electron chi connectivity index (χ4n) is 2.17. The van der Waals surface area contributed by atoms with Gasteiger partial charge >= 0.3 is 0 Å². The molecule has 0 spiro atoms. The van der Waals surface area contributed by atoms with Gasteiger partial charge in [-0.05, 0) is 24.1 Å². The molecule has 1 rings (SSSR count). The molecule has 0 aromatic heterocycles. The van der Waals surface area contributed by atoms with Gasteiger partial charge in [-0.2, -0.15) is 0 Å². The quantitative estimate of drug-likeness (QED) is 0.395. The van der Waals surface area contributed by atoms with Crippen molar-refractivity contribution in [3.8, 4) is 0 Å². The lowest BCUT2D eigenvalue weighted by Gasteiger charge is -2.16. The Morgan fingerprint density at radius 1 is 1.06 bits per heavy atom. The Hall–Kier alpha value is -0.930. The Balaban J connectivity index is 2.27. The van der Waals surface area contributed by atoms with Crippen molar-refractivity contribution in [1.82, 2.24) is 5.43 Å². The highest BCUT2D eigenvalue weighted by Gasteiger charge is 2.08. The van der Waals surface area contributed by atoms with E-state index in [0.29, 0.717) is 0 Å². The van der Waals surface area contributed by atoms with Crippen LogP contribution in [0.2, 0.25) is 0 Å². The third-order valence-electron chi connectivity index (χ3n) is 3.32. The lowest BCUT2D eigenvalue weighted by Crippen LogP contribution is -2.27. The van der Waals surface area contributed by atoms with Crippen molar-refractivity contribution in [3.05, 3.63) is 35.6 Å². The summed E-state index contributed by atoms with van der Waals surface area (Å²) in [7, 11) is 0. The van der Waals surface area contributed by atoms with Crippen LogP contribution in [-0.4, -0.2) is 0 Å². The minimum absolute atomic E-state index is 0.136. The van der Waals surface area contributed by atoms with Gasteiger partial charge < -0.3 is 0 Å². The first-order valence-electron chi connectivity index (χ1n) is 6.99. The molecule has 3 N–H and O–H groups in total. The molecule has 18 heavy (non-hydrogen) atoms. The molecular formula is C15H25FN2. The predicted octanol–water partition coefficient (Wildman–Crippen LogP) is 4.08. The third kappa shape index (κ3) is 5.61. The van der Waals surface area contributed by atoms with Gasteiger partial charge in [0.15, 0.2) is 0 Å². The van der Waals surface area contributed by atoms with Crippen molar-refractivity contribution in [2.45, 2.75) is 57.9 Å². The Bertz CT molecular complexity index is 311. The van der Waals surface area contributed by atoms with Gasteiger partial charge in [0.1, 0.15) is 5.82 Å². The SMILES string of the molecule is CCCCCCCCC(NN)c1ccc(F)cc1. The largest absolute Gasteiger partial charge is 0.271 e. The van der Waals surface area contributed by atoms with Gasteiger partial charge in [-0.1, -0.05) is 57.6 Å². The first-order valence-corrected chi connectivity index (χ1v) is 6.99. The molecule has 1 unspecified atom stereocenters. The van der Waals surface area contributed by atoms with E-state index in [9.17, 15) is 4.39 Å². The number of halogens is 1. The maximum absolute atomic E-state index is 12.8. The van der Waals surface area contributed by atoms with Crippen LogP contribution in [0.1, 0.15) is 63.5 Å². The average Bonchev–Trinajstić information content (AvgIpc) is 2.39. The monoisotopic (exact) mass is 252 g/mol. The maximum Gasteiger partial charge on any atom is 0.123 e. The summed E-state index contributed by atoms with van der Waals surface area (Å²) in [4.78, 5) is 0. The van der Waals surface area contributed by atoms with E-state index in [0.717, 1.165) is 18.4 Å². The Kier molecular flexibility index (Phi) is 7.62. The molecular weight excluding hydrogens is 227 g/mol. The van der Waals surface area contributed by atoms with Gasteiger partial charge in [0.05, 0.1) is 0 Å². The van der Waals surface area contributed by atoms with Crippen LogP contribution in [0, 0.1) is 5.82 Å². The van der Waals surface area contributed by atoms with Crippen molar-refractivity contribution in [2.75, 3.05) is 0 Å². The number of hydrazine groups is 1. The van der Waals surface area contributed by atoms with Crippen molar-refractivity contribution in [3.63, 3.8) is 0 Å². The zero-order valence-electron chi connectivity index (χ0n) is 11.3. The van der Waals surface area contributed by atoms with Crippen LogP contribution in [0.3, 0.4) is 0 Å². The van der Waals surface area contributed by atoms with Gasteiger partial charge in [-0.3, -0.25) is 11.3 Å². The smallest absolute Gasteiger partial charge is 0.123 e. The highest BCUT2D eigenvalue weighted by Crippen LogP contribution is 2.20. The Labute approximate surface area is 110 Å². The number of unbranched alkanes of at least 4 members (excludes halogenated alkanes) is 5. The summed E-state index contributed by atoms with van der Waals surface area (Å²) in [5.74, 6) is 5.36. The van der Waals surface area contributed by atoms with Crippen LogP contribution in [-0.2, 0) is 0 Å². The molecule has 1 aromatic rings. The number of benzene rings is 1. The van der Waals surface area contributed by atoms with Crippen LogP contribution in [0.4, 0.5) is 4.39 Å². The normalized spacial score (nSPS) is 12.6. The second-order valence-corrected chi connectivity index (χ2v) is 4.83. The van der Waals surface area contributed by atoms with Crippen LogP contribution >= 0.6 is 0 Å². The van der Waals surface area contributed by atoms with Gasteiger partial charge in [-0.15, -0.1) is 0 Å². The Morgan fingerprint density at radius 2 is 1.67 bits per heavy atom. The number of nitrogens with two attached hydrogens (primary N) is 1. The summed E-state index contributed by atoms with van der Waals surface area (Å²) in [5, 5.41) is 0. The summed E-state index contributed by atoms with van der Waals surface area (Å²) in [6.07, 6.45) is 8.66. The molecule has 0 fully saturated rings. The van der Waals surface area contributed by atoms with Crippen LogP contribution in [0.15, 0.2) is 24.3 Å². The average molecular weight is 252 g/mol. The van der Waals surface area contributed by atoms with Gasteiger partial charge in [0.25, 0.3) is 0 Å². The minimum Gasteiger partial charge on any atom is -0.271 e. The second-order valence-electron chi connectivity index (χ2n) is 4.83. The zero-order valence-corrected chi connectivity index (χ0v) is 11.3. The Morgan fingerprint density at radius 3 is 2.28 bits per heavy atom. The molecule has 0 heterocycles. The van der Waals surface area contributed by atoms with Crippen LogP contribution in [0.25, 0.3) is 0 Å². The van der Waals surface area contributed by atoms with E-state index in [4.69, 9.17) is 5.84 Å². The molecule has 0 bridgehead atoms. The molecule has 0 aliphatic rings. The van der Waals surface area contributed by atoms with E-state index in [-0.39, 0.29) is 11.9 Å². The molecule has 0 saturated carbocycles.